The van der Waals surface area contributed by atoms with Gasteiger partial charge < -0.3 is 14.8 Å². The van der Waals surface area contributed by atoms with E-state index in [1.807, 2.05) is 12.1 Å². The van der Waals surface area contributed by atoms with Crippen molar-refractivity contribution in [3.05, 3.63) is 71.7 Å². The summed E-state index contributed by atoms with van der Waals surface area (Å²) in [6.45, 7) is 6.82. The quantitative estimate of drug-likeness (QED) is 0.632. The van der Waals surface area contributed by atoms with E-state index >= 15 is 0 Å². The number of rotatable bonds is 4. The van der Waals surface area contributed by atoms with Crippen molar-refractivity contribution in [1.82, 2.24) is 4.98 Å². The van der Waals surface area contributed by atoms with Crippen molar-refractivity contribution in [3.8, 4) is 0 Å². The van der Waals surface area contributed by atoms with Crippen LogP contribution in [-0.4, -0.2) is 31.2 Å². The zero-order chi connectivity index (χ0) is 16.4. The fourth-order valence-electron chi connectivity index (χ4n) is 3.75. The van der Waals surface area contributed by atoms with E-state index in [2.05, 4.69) is 35.4 Å². The number of benzene rings is 2. The third-order valence-corrected chi connectivity index (χ3v) is 5.15. The molecule has 3 nitrogen and oxygen atoms in total. The average molecular weight is 325 g/mol. The van der Waals surface area contributed by atoms with Crippen LogP contribution in [0.5, 0.6) is 0 Å². The van der Waals surface area contributed by atoms with E-state index < -0.39 is 0 Å². The smallest absolute Gasteiger partial charge is 0.127 e. The Kier molecular flexibility index (Phi) is 4.32. The van der Waals surface area contributed by atoms with E-state index in [0.29, 0.717) is 0 Å². The van der Waals surface area contributed by atoms with Gasteiger partial charge in [-0.1, -0.05) is 30.3 Å². The maximum atomic E-state index is 13.0. The molecule has 3 N–H and O–H groups in total. The molecule has 0 saturated carbocycles. The number of H-pyrrole nitrogens is 1. The number of quaternary nitrogens is 2. The first kappa shape index (κ1) is 15.4. The third-order valence-electron chi connectivity index (χ3n) is 5.15. The SMILES string of the molecule is Fc1ccc(C[NH+]2CC[NH+](Cc3c[nH]c4ccccc34)CC2)cc1. The van der Waals surface area contributed by atoms with Crippen molar-refractivity contribution >= 4 is 10.9 Å². The van der Waals surface area contributed by atoms with Gasteiger partial charge in [0.1, 0.15) is 45.1 Å². The second kappa shape index (κ2) is 6.75. The molecule has 2 aromatic carbocycles. The fourth-order valence-corrected chi connectivity index (χ4v) is 3.75. The van der Waals surface area contributed by atoms with Crippen LogP contribution in [0.15, 0.2) is 54.7 Å². The van der Waals surface area contributed by atoms with Gasteiger partial charge in [0.15, 0.2) is 0 Å². The Labute approximate surface area is 141 Å². The minimum atomic E-state index is -0.151. The van der Waals surface area contributed by atoms with Crippen molar-refractivity contribution in [2.75, 3.05) is 26.2 Å². The van der Waals surface area contributed by atoms with Gasteiger partial charge in [0.05, 0.1) is 0 Å². The molecule has 24 heavy (non-hydrogen) atoms. The first-order valence-electron chi connectivity index (χ1n) is 8.74. The Morgan fingerprint density at radius 3 is 2.25 bits per heavy atom. The molecule has 4 heteroatoms. The van der Waals surface area contributed by atoms with Crippen LogP contribution in [-0.2, 0) is 13.1 Å². The number of para-hydroxylation sites is 1. The van der Waals surface area contributed by atoms with Crippen LogP contribution in [0, 0.1) is 5.82 Å². The van der Waals surface area contributed by atoms with Gasteiger partial charge in [0.2, 0.25) is 0 Å². The number of aromatic nitrogens is 1. The molecule has 0 atom stereocenters. The van der Waals surface area contributed by atoms with Crippen LogP contribution in [0.1, 0.15) is 11.1 Å². The molecular weight excluding hydrogens is 301 g/mol. The predicted molar refractivity (Wildman–Crippen MR) is 93.5 cm³/mol. The van der Waals surface area contributed by atoms with Crippen molar-refractivity contribution < 1.29 is 14.2 Å². The van der Waals surface area contributed by atoms with Crippen LogP contribution in [0.25, 0.3) is 10.9 Å². The monoisotopic (exact) mass is 325 g/mol. The molecule has 1 aromatic heterocycles. The maximum Gasteiger partial charge on any atom is 0.127 e. The predicted octanol–water partition coefficient (Wildman–Crippen LogP) is 0.791. The summed E-state index contributed by atoms with van der Waals surface area (Å²) in [6.07, 6.45) is 2.16. The largest absolute Gasteiger partial charge is 0.361 e. The van der Waals surface area contributed by atoms with Gasteiger partial charge in [-0.15, -0.1) is 0 Å². The molecule has 0 bridgehead atoms. The molecule has 124 valence electrons. The maximum absolute atomic E-state index is 13.0. The lowest BCUT2D eigenvalue weighted by molar-refractivity contribution is -1.02. The van der Waals surface area contributed by atoms with Gasteiger partial charge >= 0.3 is 0 Å². The molecule has 0 aliphatic carbocycles. The molecule has 1 aliphatic heterocycles. The normalized spacial score (nSPS) is 21.2. The molecule has 1 saturated heterocycles. The van der Waals surface area contributed by atoms with Gasteiger partial charge in [-0.05, 0) is 18.2 Å². The summed E-state index contributed by atoms with van der Waals surface area (Å²) in [5.74, 6) is -0.151. The van der Waals surface area contributed by atoms with Crippen molar-refractivity contribution in [1.29, 1.82) is 0 Å². The molecule has 0 unspecified atom stereocenters. The van der Waals surface area contributed by atoms with Gasteiger partial charge in [0, 0.05) is 28.2 Å². The van der Waals surface area contributed by atoms with Crippen molar-refractivity contribution in [2.24, 2.45) is 0 Å². The summed E-state index contributed by atoms with van der Waals surface area (Å²) in [5.41, 5.74) is 3.88. The molecule has 0 spiro atoms. The highest BCUT2D eigenvalue weighted by Crippen LogP contribution is 2.16. The first-order chi connectivity index (χ1) is 11.8. The summed E-state index contributed by atoms with van der Waals surface area (Å²) >= 11 is 0. The lowest BCUT2D eigenvalue weighted by Gasteiger charge is -2.29. The zero-order valence-corrected chi connectivity index (χ0v) is 13.8. The number of halogens is 1. The van der Waals surface area contributed by atoms with Crippen LogP contribution >= 0.6 is 0 Å². The Bertz CT molecular complexity index is 801. The minimum Gasteiger partial charge on any atom is -0.361 e. The Balaban J connectivity index is 1.33. The standard InChI is InChI=1S/C20H22FN3/c21-18-7-5-16(6-8-18)14-23-9-11-24(12-10-23)15-17-13-22-20-4-2-1-3-19(17)20/h1-8,13,22H,9-12,14-15H2/p+2. The Morgan fingerprint density at radius 1 is 0.833 bits per heavy atom. The number of hydrogen-bond acceptors (Lipinski definition) is 0. The second-order valence-electron chi connectivity index (χ2n) is 6.84. The third kappa shape index (κ3) is 3.35. The van der Waals surface area contributed by atoms with E-state index in [-0.39, 0.29) is 5.82 Å². The van der Waals surface area contributed by atoms with Crippen LogP contribution in [0.3, 0.4) is 0 Å². The second-order valence-corrected chi connectivity index (χ2v) is 6.84. The highest BCUT2D eigenvalue weighted by molar-refractivity contribution is 5.82. The average Bonchev–Trinajstić information content (AvgIpc) is 3.02. The summed E-state index contributed by atoms with van der Waals surface area (Å²) < 4.78 is 13.0. The van der Waals surface area contributed by atoms with Crippen molar-refractivity contribution in [2.45, 2.75) is 13.1 Å². The number of nitrogens with one attached hydrogen (secondary N) is 3. The Morgan fingerprint density at radius 2 is 1.50 bits per heavy atom. The van der Waals surface area contributed by atoms with Gasteiger partial charge in [-0.2, -0.15) is 0 Å². The van der Waals surface area contributed by atoms with Crippen LogP contribution < -0.4 is 9.80 Å². The summed E-state index contributed by atoms with van der Waals surface area (Å²) in [5, 5.41) is 1.35. The van der Waals surface area contributed by atoms with E-state index in [1.165, 1.54) is 48.2 Å². The topological polar surface area (TPSA) is 24.7 Å². The lowest BCUT2D eigenvalue weighted by Crippen LogP contribution is -3.27. The molecule has 3 aromatic rings. The molecular formula is C20H24FN3+2. The number of aromatic amines is 1. The first-order valence-corrected chi connectivity index (χ1v) is 8.74. The van der Waals surface area contributed by atoms with E-state index in [0.717, 1.165) is 13.1 Å². The lowest BCUT2D eigenvalue weighted by atomic mass is 10.1. The molecule has 1 aliphatic rings. The molecule has 2 heterocycles. The van der Waals surface area contributed by atoms with Gasteiger partial charge in [-0.3, -0.25) is 0 Å². The number of hydrogen-bond donors (Lipinski definition) is 3. The van der Waals surface area contributed by atoms with Crippen LogP contribution in [0.4, 0.5) is 4.39 Å². The minimum absolute atomic E-state index is 0.151. The summed E-state index contributed by atoms with van der Waals surface area (Å²) in [7, 11) is 0. The summed E-state index contributed by atoms with van der Waals surface area (Å²) in [6, 6.07) is 15.5. The fraction of sp³-hybridized carbons (Fsp3) is 0.300. The van der Waals surface area contributed by atoms with E-state index in [1.54, 1.807) is 21.9 Å². The van der Waals surface area contributed by atoms with Crippen LogP contribution in [0.2, 0.25) is 0 Å². The van der Waals surface area contributed by atoms with Gasteiger partial charge in [0.25, 0.3) is 0 Å². The summed E-state index contributed by atoms with van der Waals surface area (Å²) in [4.78, 5) is 6.63. The molecule has 4 rings (SSSR count). The molecule has 0 radical (unpaired) electrons. The number of piperazine rings is 1. The zero-order valence-electron chi connectivity index (χ0n) is 13.8. The van der Waals surface area contributed by atoms with E-state index in [4.69, 9.17) is 0 Å². The molecule has 0 amide bonds. The van der Waals surface area contributed by atoms with E-state index in [9.17, 15) is 4.39 Å². The van der Waals surface area contributed by atoms with Crippen molar-refractivity contribution in [3.63, 3.8) is 0 Å². The molecule has 1 fully saturated rings. The highest BCUT2D eigenvalue weighted by Gasteiger charge is 2.23. The van der Waals surface area contributed by atoms with Gasteiger partial charge in [-0.25, -0.2) is 4.39 Å². The number of fused-ring (bicyclic) bond motifs is 1. The highest BCUT2D eigenvalue weighted by atomic mass is 19.1. The Hall–Kier alpha value is -2.17.